The fourth-order valence-electron chi connectivity index (χ4n) is 0.868. The largest absolute Gasteiger partial charge is 0.380 e. The molecule has 1 N–H and O–H groups in total. The summed E-state index contributed by atoms with van der Waals surface area (Å²) >= 11 is 0. The maximum absolute atomic E-state index is 11.0. The van der Waals surface area contributed by atoms with E-state index in [1.165, 1.54) is 6.26 Å². The molecule has 0 aromatic heterocycles. The molecule has 1 aliphatic rings. The van der Waals surface area contributed by atoms with E-state index in [9.17, 15) is 4.21 Å². The van der Waals surface area contributed by atoms with E-state index in [-0.39, 0.29) is 5.25 Å². The van der Waals surface area contributed by atoms with Crippen LogP contribution in [0.25, 0.3) is 0 Å². The molecule has 0 amide bonds. The van der Waals surface area contributed by atoms with Crippen LogP contribution in [0.15, 0.2) is 0 Å². The van der Waals surface area contributed by atoms with Gasteiger partial charge < -0.3 is 4.74 Å². The van der Waals surface area contributed by atoms with Crippen LogP contribution >= 0.6 is 0 Å². The van der Waals surface area contributed by atoms with Crippen LogP contribution in [0.5, 0.6) is 0 Å². The van der Waals surface area contributed by atoms with Crippen molar-refractivity contribution in [1.82, 2.24) is 0 Å². The second-order valence-corrected chi connectivity index (χ2v) is 4.86. The Morgan fingerprint density at radius 2 is 2.44 bits per heavy atom. The van der Waals surface area contributed by atoms with Crippen molar-refractivity contribution in [3.8, 4) is 0 Å². The van der Waals surface area contributed by atoms with Gasteiger partial charge >= 0.3 is 0 Å². The van der Waals surface area contributed by atoms with Gasteiger partial charge in [-0.15, -0.1) is 0 Å². The highest BCUT2D eigenvalue weighted by molar-refractivity contribution is 7.92. The molecule has 0 bridgehead atoms. The van der Waals surface area contributed by atoms with Crippen LogP contribution in [0.1, 0.15) is 6.42 Å². The van der Waals surface area contributed by atoms with Gasteiger partial charge in [0.1, 0.15) is 0 Å². The second-order valence-electron chi connectivity index (χ2n) is 2.39. The predicted octanol–water partition coefficient (Wildman–Crippen LogP) is 0.452. The van der Waals surface area contributed by atoms with Crippen molar-refractivity contribution in [1.29, 1.82) is 4.78 Å². The van der Waals surface area contributed by atoms with Gasteiger partial charge in [-0.05, 0) is 6.42 Å². The van der Waals surface area contributed by atoms with Crippen LogP contribution in [0, 0.1) is 4.78 Å². The Bertz CT molecular complexity index is 179. The van der Waals surface area contributed by atoms with Crippen molar-refractivity contribution in [2.24, 2.45) is 0 Å². The van der Waals surface area contributed by atoms with Crippen LogP contribution in [0.3, 0.4) is 0 Å². The number of nitrogens with one attached hydrogen (secondary N) is 1. The Kier molecular flexibility index (Phi) is 1.77. The summed E-state index contributed by atoms with van der Waals surface area (Å²) < 4.78 is 23.1. The van der Waals surface area contributed by atoms with Crippen molar-refractivity contribution in [2.45, 2.75) is 11.7 Å². The van der Waals surface area contributed by atoms with Crippen molar-refractivity contribution < 1.29 is 8.95 Å². The molecule has 4 heteroatoms. The normalized spacial score (nSPS) is 34.1. The molecule has 1 fully saturated rings. The van der Waals surface area contributed by atoms with Gasteiger partial charge in [-0.25, -0.2) is 4.21 Å². The monoisotopic (exact) mass is 149 g/mol. The van der Waals surface area contributed by atoms with Crippen LogP contribution in [0.2, 0.25) is 0 Å². The molecule has 54 valence electrons. The molecule has 9 heavy (non-hydrogen) atoms. The fraction of sp³-hybridized carbons (Fsp3) is 1.00. The highest BCUT2D eigenvalue weighted by Gasteiger charge is 2.22. The maximum Gasteiger partial charge on any atom is 0.0680 e. The Morgan fingerprint density at radius 1 is 1.78 bits per heavy atom. The lowest BCUT2D eigenvalue weighted by molar-refractivity contribution is 0.198. The summed E-state index contributed by atoms with van der Waals surface area (Å²) in [5, 5.41) is -0.0162. The van der Waals surface area contributed by atoms with Crippen LogP contribution in [-0.4, -0.2) is 28.9 Å². The third-order valence-corrected chi connectivity index (χ3v) is 3.17. The van der Waals surface area contributed by atoms with Crippen LogP contribution < -0.4 is 0 Å². The minimum Gasteiger partial charge on any atom is -0.380 e. The molecule has 1 heterocycles. The van der Waals surface area contributed by atoms with E-state index in [0.29, 0.717) is 13.2 Å². The Labute approximate surface area is 55.4 Å². The zero-order valence-electron chi connectivity index (χ0n) is 5.42. The first-order chi connectivity index (χ1) is 4.11. The number of hydrogen-bond acceptors (Lipinski definition) is 3. The van der Waals surface area contributed by atoms with E-state index in [1.54, 1.807) is 0 Å². The van der Waals surface area contributed by atoms with Gasteiger partial charge in [0.15, 0.2) is 0 Å². The first kappa shape index (κ1) is 7.02. The van der Waals surface area contributed by atoms with Gasteiger partial charge in [0.2, 0.25) is 0 Å². The summed E-state index contributed by atoms with van der Waals surface area (Å²) in [5.41, 5.74) is 0. The summed E-state index contributed by atoms with van der Waals surface area (Å²) in [4.78, 5) is 0. The molecule has 0 saturated carbocycles. The Balaban J connectivity index is 2.63. The van der Waals surface area contributed by atoms with E-state index in [2.05, 4.69) is 0 Å². The predicted molar refractivity (Wildman–Crippen MR) is 36.0 cm³/mol. The Hall–Kier alpha value is -0.0900. The molecule has 0 aromatic carbocycles. The topological polar surface area (TPSA) is 50.2 Å². The third-order valence-electron chi connectivity index (χ3n) is 1.52. The number of hydrogen-bond donors (Lipinski definition) is 1. The molecule has 0 spiro atoms. The molecular weight excluding hydrogens is 138 g/mol. The summed E-state index contributed by atoms with van der Waals surface area (Å²) in [5.74, 6) is 0. The average molecular weight is 149 g/mol. The summed E-state index contributed by atoms with van der Waals surface area (Å²) in [6.07, 6.45) is 2.27. The average Bonchev–Trinajstić information content (AvgIpc) is 2.08. The molecule has 1 rings (SSSR count). The molecule has 2 atom stereocenters. The fourth-order valence-corrected chi connectivity index (χ4v) is 1.77. The van der Waals surface area contributed by atoms with Gasteiger partial charge in [0.25, 0.3) is 0 Å². The lowest BCUT2D eigenvalue weighted by Crippen LogP contribution is -2.17. The summed E-state index contributed by atoms with van der Waals surface area (Å²) in [6, 6.07) is 0. The Morgan fingerprint density at radius 3 is 2.67 bits per heavy atom. The van der Waals surface area contributed by atoms with Crippen molar-refractivity contribution in [2.75, 3.05) is 19.5 Å². The van der Waals surface area contributed by atoms with Crippen molar-refractivity contribution in [3.05, 3.63) is 0 Å². The molecule has 1 saturated heterocycles. The van der Waals surface area contributed by atoms with Gasteiger partial charge in [-0.3, -0.25) is 4.78 Å². The van der Waals surface area contributed by atoms with Gasteiger partial charge in [-0.1, -0.05) is 0 Å². The van der Waals surface area contributed by atoms with Crippen molar-refractivity contribution >= 4 is 9.73 Å². The minimum atomic E-state index is -2.33. The first-order valence-corrected chi connectivity index (χ1v) is 4.94. The molecule has 0 aromatic rings. The smallest absolute Gasteiger partial charge is 0.0680 e. The van der Waals surface area contributed by atoms with Gasteiger partial charge in [0, 0.05) is 22.6 Å². The number of ether oxygens (including phenoxy) is 1. The molecule has 3 nitrogen and oxygen atoms in total. The highest BCUT2D eigenvalue weighted by Crippen LogP contribution is 2.12. The van der Waals surface area contributed by atoms with Crippen LogP contribution in [0.4, 0.5) is 0 Å². The first-order valence-electron chi connectivity index (χ1n) is 2.91. The van der Waals surface area contributed by atoms with E-state index in [0.717, 1.165) is 6.42 Å². The molecular formula is C5H11NO2S. The van der Waals surface area contributed by atoms with E-state index in [1.807, 2.05) is 0 Å². The van der Waals surface area contributed by atoms with E-state index < -0.39 is 9.73 Å². The van der Waals surface area contributed by atoms with E-state index >= 15 is 0 Å². The van der Waals surface area contributed by atoms with Gasteiger partial charge in [0.05, 0.1) is 11.9 Å². The molecule has 1 aliphatic heterocycles. The zero-order chi connectivity index (χ0) is 6.91. The minimum absolute atomic E-state index is 0.0162. The SMILES string of the molecule is CS(=N)(=O)C1CCOC1. The quantitative estimate of drug-likeness (QED) is 0.588. The maximum atomic E-state index is 11.0. The highest BCUT2D eigenvalue weighted by atomic mass is 32.2. The van der Waals surface area contributed by atoms with Gasteiger partial charge in [-0.2, -0.15) is 0 Å². The lowest BCUT2D eigenvalue weighted by atomic mass is 10.4. The summed E-state index contributed by atoms with van der Waals surface area (Å²) in [7, 11) is -2.33. The number of rotatable bonds is 1. The zero-order valence-corrected chi connectivity index (χ0v) is 6.24. The lowest BCUT2D eigenvalue weighted by Gasteiger charge is -2.05. The molecule has 0 radical (unpaired) electrons. The summed E-state index contributed by atoms with van der Waals surface area (Å²) in [6.45, 7) is 1.19. The van der Waals surface area contributed by atoms with Crippen LogP contribution in [-0.2, 0) is 14.5 Å². The standard InChI is InChI=1S/C5H11NO2S/c1-9(6,7)5-2-3-8-4-5/h5-6H,2-4H2,1H3. The van der Waals surface area contributed by atoms with Crippen molar-refractivity contribution in [3.63, 3.8) is 0 Å². The third kappa shape index (κ3) is 1.66. The molecule has 0 aliphatic carbocycles. The van der Waals surface area contributed by atoms with E-state index in [4.69, 9.17) is 9.52 Å². The second kappa shape index (κ2) is 2.27. The molecule has 2 unspecified atom stereocenters.